The number of ether oxygens (including phenoxy) is 2. The van der Waals surface area contributed by atoms with Gasteiger partial charge >= 0.3 is 12.1 Å². The molecule has 0 bridgehead atoms. The van der Waals surface area contributed by atoms with Gasteiger partial charge in [-0.1, -0.05) is 78.1 Å². The molecule has 0 saturated carbocycles. The van der Waals surface area contributed by atoms with E-state index in [0.29, 0.717) is 0 Å². The molecule has 0 spiro atoms. The average Bonchev–Trinajstić information content (AvgIpc) is 2.52. The predicted octanol–water partition coefficient (Wildman–Crippen LogP) is 5.63. The normalized spacial score (nSPS) is 12.0. The van der Waals surface area contributed by atoms with Crippen molar-refractivity contribution in [3.05, 3.63) is 0 Å². The molecular formula is C18H34O4. The van der Waals surface area contributed by atoms with Crippen LogP contribution in [-0.4, -0.2) is 19.2 Å². The third kappa shape index (κ3) is 11.6. The zero-order valence-electron chi connectivity index (χ0n) is 14.7. The maximum atomic E-state index is 12.0. The Morgan fingerprint density at radius 3 is 1.73 bits per heavy atom. The highest BCUT2D eigenvalue weighted by molar-refractivity contribution is 5.83. The highest BCUT2D eigenvalue weighted by atomic mass is 16.7. The zero-order chi connectivity index (χ0) is 16.6. The highest BCUT2D eigenvalue weighted by Crippen LogP contribution is 2.20. The third-order valence-corrected chi connectivity index (χ3v) is 4.00. The van der Waals surface area contributed by atoms with Gasteiger partial charge in [0, 0.05) is 0 Å². The fraction of sp³-hybridized carbons (Fsp3) is 0.889. The van der Waals surface area contributed by atoms with Crippen molar-refractivity contribution >= 4 is 12.1 Å². The van der Waals surface area contributed by atoms with Crippen LogP contribution >= 0.6 is 0 Å². The summed E-state index contributed by atoms with van der Waals surface area (Å²) in [5, 5.41) is 0. The van der Waals surface area contributed by atoms with Crippen molar-refractivity contribution in [3.8, 4) is 0 Å². The predicted molar refractivity (Wildman–Crippen MR) is 88.7 cm³/mol. The monoisotopic (exact) mass is 314 g/mol. The Labute approximate surface area is 135 Å². The van der Waals surface area contributed by atoms with Gasteiger partial charge in [-0.2, -0.15) is 0 Å². The van der Waals surface area contributed by atoms with Crippen molar-refractivity contribution in [2.75, 3.05) is 7.11 Å². The lowest BCUT2D eigenvalue weighted by atomic mass is 9.94. The van der Waals surface area contributed by atoms with Gasteiger partial charge in [0.2, 0.25) is 0 Å². The molecule has 0 aromatic rings. The Hall–Kier alpha value is -1.06. The summed E-state index contributed by atoms with van der Waals surface area (Å²) in [7, 11) is 1.22. The lowest BCUT2D eigenvalue weighted by molar-refractivity contribution is -0.144. The highest BCUT2D eigenvalue weighted by Gasteiger charge is 2.22. The summed E-state index contributed by atoms with van der Waals surface area (Å²) in [6.07, 6.45) is 12.4. The van der Waals surface area contributed by atoms with E-state index in [4.69, 9.17) is 4.74 Å². The number of esters is 1. The van der Waals surface area contributed by atoms with Gasteiger partial charge in [0.1, 0.15) is 0 Å². The molecule has 0 radical (unpaired) electrons. The molecule has 4 nitrogen and oxygen atoms in total. The topological polar surface area (TPSA) is 52.6 Å². The lowest BCUT2D eigenvalue weighted by Crippen LogP contribution is -2.21. The smallest absolute Gasteiger partial charge is 0.437 e. The molecule has 0 aromatic heterocycles. The molecule has 1 atom stereocenters. The maximum Gasteiger partial charge on any atom is 0.515 e. The van der Waals surface area contributed by atoms with Crippen LogP contribution in [0.4, 0.5) is 4.79 Å². The summed E-state index contributed by atoms with van der Waals surface area (Å²) in [6, 6.07) is 0. The van der Waals surface area contributed by atoms with Crippen LogP contribution in [0.3, 0.4) is 0 Å². The van der Waals surface area contributed by atoms with E-state index in [0.717, 1.165) is 38.5 Å². The van der Waals surface area contributed by atoms with E-state index in [2.05, 4.69) is 18.6 Å². The Morgan fingerprint density at radius 2 is 1.23 bits per heavy atom. The second kappa shape index (κ2) is 14.9. The van der Waals surface area contributed by atoms with Gasteiger partial charge in [-0.25, -0.2) is 4.79 Å². The second-order valence-electron chi connectivity index (χ2n) is 5.98. The summed E-state index contributed by atoms with van der Waals surface area (Å²) < 4.78 is 9.12. The van der Waals surface area contributed by atoms with E-state index in [1.54, 1.807) is 0 Å². The van der Waals surface area contributed by atoms with Crippen molar-refractivity contribution in [1.29, 1.82) is 0 Å². The molecule has 4 heteroatoms. The molecule has 0 rings (SSSR count). The lowest BCUT2D eigenvalue weighted by Gasteiger charge is -2.14. The van der Waals surface area contributed by atoms with Crippen molar-refractivity contribution in [3.63, 3.8) is 0 Å². The van der Waals surface area contributed by atoms with Gasteiger partial charge in [0.05, 0.1) is 13.0 Å². The maximum absolute atomic E-state index is 12.0. The molecule has 0 amide bonds. The SMILES string of the molecule is CCCCCCCCC(CCCCCC)C(=O)OC(=O)OC. The summed E-state index contributed by atoms with van der Waals surface area (Å²) in [5.74, 6) is -0.584. The molecule has 22 heavy (non-hydrogen) atoms. The summed E-state index contributed by atoms with van der Waals surface area (Å²) in [5.41, 5.74) is 0. The Balaban J connectivity index is 4.09. The molecule has 1 unspecified atom stereocenters. The molecule has 0 fully saturated rings. The van der Waals surface area contributed by atoms with Crippen LogP contribution in [0.1, 0.15) is 90.9 Å². The van der Waals surface area contributed by atoms with Crippen LogP contribution in [-0.2, 0) is 14.3 Å². The summed E-state index contributed by atoms with van der Waals surface area (Å²) in [6.45, 7) is 4.37. The standard InChI is InChI=1S/C18H34O4/c1-4-6-8-10-11-13-15-16(14-12-9-7-5-2)17(19)22-18(20)21-3/h16H,4-15H2,1-3H3. The van der Waals surface area contributed by atoms with Crippen LogP contribution < -0.4 is 0 Å². The number of hydrogen-bond donors (Lipinski definition) is 0. The van der Waals surface area contributed by atoms with Crippen molar-refractivity contribution in [1.82, 2.24) is 0 Å². The van der Waals surface area contributed by atoms with Crippen molar-refractivity contribution in [2.45, 2.75) is 90.9 Å². The first-order valence-corrected chi connectivity index (χ1v) is 8.95. The number of hydrogen-bond acceptors (Lipinski definition) is 4. The molecule has 130 valence electrons. The first-order valence-electron chi connectivity index (χ1n) is 8.95. The number of carbonyl (C=O) groups is 2. The fourth-order valence-electron chi connectivity index (χ4n) is 2.58. The van der Waals surface area contributed by atoms with E-state index in [9.17, 15) is 9.59 Å². The van der Waals surface area contributed by atoms with Gasteiger partial charge in [0.25, 0.3) is 0 Å². The quantitative estimate of drug-likeness (QED) is 0.251. The molecular weight excluding hydrogens is 280 g/mol. The molecule has 0 aromatic carbocycles. The van der Waals surface area contributed by atoms with Crippen molar-refractivity contribution < 1.29 is 19.1 Å². The summed E-state index contributed by atoms with van der Waals surface area (Å²) >= 11 is 0. The minimum absolute atomic E-state index is 0.165. The minimum atomic E-state index is -0.897. The van der Waals surface area contributed by atoms with Gasteiger partial charge in [-0.3, -0.25) is 4.79 Å². The van der Waals surface area contributed by atoms with Gasteiger partial charge < -0.3 is 9.47 Å². The van der Waals surface area contributed by atoms with E-state index < -0.39 is 12.1 Å². The van der Waals surface area contributed by atoms with E-state index >= 15 is 0 Å². The number of carbonyl (C=O) groups excluding carboxylic acids is 2. The Bertz CT molecular complexity index is 289. The minimum Gasteiger partial charge on any atom is -0.437 e. The van der Waals surface area contributed by atoms with Gasteiger partial charge in [0.15, 0.2) is 0 Å². The number of rotatable bonds is 13. The molecule has 0 N–H and O–H groups in total. The average molecular weight is 314 g/mol. The van der Waals surface area contributed by atoms with Crippen LogP contribution in [0.15, 0.2) is 0 Å². The molecule has 0 aliphatic heterocycles. The van der Waals surface area contributed by atoms with E-state index in [-0.39, 0.29) is 5.92 Å². The molecule has 0 aliphatic rings. The van der Waals surface area contributed by atoms with Gasteiger partial charge in [-0.05, 0) is 12.8 Å². The fourth-order valence-corrected chi connectivity index (χ4v) is 2.58. The second-order valence-corrected chi connectivity index (χ2v) is 5.98. The zero-order valence-corrected chi connectivity index (χ0v) is 14.7. The molecule has 0 aliphatic carbocycles. The van der Waals surface area contributed by atoms with E-state index in [1.165, 1.54) is 45.6 Å². The summed E-state index contributed by atoms with van der Waals surface area (Å²) in [4.78, 5) is 23.1. The van der Waals surface area contributed by atoms with Crippen molar-refractivity contribution in [2.24, 2.45) is 5.92 Å². The van der Waals surface area contributed by atoms with Crippen LogP contribution in [0.2, 0.25) is 0 Å². The van der Waals surface area contributed by atoms with Crippen LogP contribution in [0.5, 0.6) is 0 Å². The first kappa shape index (κ1) is 20.9. The van der Waals surface area contributed by atoms with Crippen LogP contribution in [0, 0.1) is 5.92 Å². The van der Waals surface area contributed by atoms with E-state index in [1.807, 2.05) is 0 Å². The molecule has 0 saturated heterocycles. The number of unbranched alkanes of at least 4 members (excludes halogenated alkanes) is 8. The largest absolute Gasteiger partial charge is 0.515 e. The third-order valence-electron chi connectivity index (χ3n) is 4.00. The first-order chi connectivity index (χ1) is 10.7. The van der Waals surface area contributed by atoms with Gasteiger partial charge in [-0.15, -0.1) is 0 Å². The molecule has 0 heterocycles. The number of methoxy groups -OCH3 is 1. The Kier molecular flexibility index (Phi) is 14.1. The van der Waals surface area contributed by atoms with Crippen LogP contribution in [0.25, 0.3) is 0 Å². The Morgan fingerprint density at radius 1 is 0.773 bits per heavy atom.